The summed E-state index contributed by atoms with van der Waals surface area (Å²) in [4.78, 5) is 0. The van der Waals surface area contributed by atoms with Crippen LogP contribution in [0.4, 0.5) is 4.39 Å². The molecule has 2 rings (SSSR count). The highest BCUT2D eigenvalue weighted by Gasteiger charge is 2.04. The van der Waals surface area contributed by atoms with Gasteiger partial charge in [0.15, 0.2) is 0 Å². The van der Waals surface area contributed by atoms with E-state index in [0.29, 0.717) is 5.69 Å². The third kappa shape index (κ3) is 1.51. The maximum absolute atomic E-state index is 12.9. The van der Waals surface area contributed by atoms with Crippen LogP contribution < -0.4 is 0 Å². The van der Waals surface area contributed by atoms with E-state index in [0.717, 1.165) is 12.1 Å². The minimum absolute atomic E-state index is 0.278. The molecule has 1 heterocycles. The van der Waals surface area contributed by atoms with Gasteiger partial charge in [-0.2, -0.15) is 0 Å². The summed E-state index contributed by atoms with van der Waals surface area (Å²) in [6.45, 7) is 1.98. The number of aromatic nitrogens is 3. The van der Waals surface area contributed by atoms with Crippen LogP contribution in [0.1, 0.15) is 12.6 Å². The molecule has 4 heteroatoms. The van der Waals surface area contributed by atoms with Crippen LogP contribution in [-0.4, -0.2) is 15.0 Å². The van der Waals surface area contributed by atoms with Gasteiger partial charge in [0, 0.05) is 0 Å². The Morgan fingerprint density at radius 3 is 3.07 bits per heavy atom. The highest BCUT2D eigenvalue weighted by molar-refractivity contribution is 5.32. The molecule has 1 radical (unpaired) electrons. The Labute approximate surface area is 81.2 Å². The van der Waals surface area contributed by atoms with Gasteiger partial charge in [0.05, 0.1) is 11.4 Å². The summed E-state index contributed by atoms with van der Waals surface area (Å²) < 4.78 is 14.5. The van der Waals surface area contributed by atoms with E-state index in [1.54, 1.807) is 16.8 Å². The molecule has 0 amide bonds. The molecule has 0 saturated heterocycles. The normalized spacial score (nSPS) is 10.4. The zero-order valence-electron chi connectivity index (χ0n) is 7.74. The maximum atomic E-state index is 12.9. The lowest BCUT2D eigenvalue weighted by atomic mass is 10.3. The molecule has 0 bridgehead atoms. The summed E-state index contributed by atoms with van der Waals surface area (Å²) in [5.74, 6) is -0.278. The number of halogens is 1. The van der Waals surface area contributed by atoms with Crippen LogP contribution in [0.3, 0.4) is 0 Å². The van der Waals surface area contributed by atoms with Crippen molar-refractivity contribution >= 4 is 0 Å². The number of hydrogen-bond donors (Lipinski definition) is 0. The molecule has 0 unspecified atom stereocenters. The van der Waals surface area contributed by atoms with Crippen molar-refractivity contribution in [2.45, 2.75) is 13.3 Å². The summed E-state index contributed by atoms with van der Waals surface area (Å²) in [6, 6.07) is 6.24. The monoisotopic (exact) mass is 190 g/mol. The van der Waals surface area contributed by atoms with Crippen molar-refractivity contribution in [3.05, 3.63) is 42.0 Å². The SMILES string of the molecule is CCc1[c]nnn1-c1cccc(F)c1. The Hall–Kier alpha value is -1.71. The molecule has 1 aromatic carbocycles. The second kappa shape index (κ2) is 3.57. The van der Waals surface area contributed by atoms with Crippen molar-refractivity contribution in [2.24, 2.45) is 0 Å². The Bertz CT molecular complexity index is 436. The van der Waals surface area contributed by atoms with Crippen LogP contribution in [0.2, 0.25) is 0 Å². The van der Waals surface area contributed by atoms with Crippen molar-refractivity contribution in [2.75, 3.05) is 0 Å². The van der Waals surface area contributed by atoms with Crippen molar-refractivity contribution in [3.8, 4) is 5.69 Å². The van der Waals surface area contributed by atoms with Gasteiger partial charge in [-0.25, -0.2) is 9.07 Å². The van der Waals surface area contributed by atoms with Gasteiger partial charge in [0.2, 0.25) is 0 Å². The quantitative estimate of drug-likeness (QED) is 0.722. The van der Waals surface area contributed by atoms with Gasteiger partial charge >= 0.3 is 0 Å². The molecule has 0 aliphatic carbocycles. The lowest BCUT2D eigenvalue weighted by molar-refractivity contribution is 0.624. The van der Waals surface area contributed by atoms with Crippen LogP contribution in [0.15, 0.2) is 24.3 Å². The smallest absolute Gasteiger partial charge is 0.138 e. The predicted octanol–water partition coefficient (Wildman–Crippen LogP) is 1.77. The van der Waals surface area contributed by atoms with E-state index in [9.17, 15) is 4.39 Å². The minimum Gasteiger partial charge on any atom is -0.217 e. The average molecular weight is 190 g/mol. The van der Waals surface area contributed by atoms with E-state index >= 15 is 0 Å². The first-order valence-corrected chi connectivity index (χ1v) is 4.39. The topological polar surface area (TPSA) is 30.7 Å². The lowest BCUT2D eigenvalue weighted by Gasteiger charge is -2.03. The predicted molar refractivity (Wildman–Crippen MR) is 49.5 cm³/mol. The fourth-order valence-corrected chi connectivity index (χ4v) is 1.27. The van der Waals surface area contributed by atoms with Gasteiger partial charge in [-0.15, -0.1) is 5.10 Å². The Morgan fingerprint density at radius 1 is 1.50 bits per heavy atom. The zero-order valence-corrected chi connectivity index (χ0v) is 7.74. The summed E-state index contributed by atoms with van der Waals surface area (Å²) in [5.41, 5.74) is 1.52. The van der Waals surface area contributed by atoms with E-state index < -0.39 is 0 Å². The van der Waals surface area contributed by atoms with Gasteiger partial charge in [-0.3, -0.25) is 0 Å². The molecule has 14 heavy (non-hydrogen) atoms. The third-order valence-electron chi connectivity index (χ3n) is 1.96. The first-order valence-electron chi connectivity index (χ1n) is 4.39. The second-order valence-corrected chi connectivity index (χ2v) is 2.89. The molecule has 0 atom stereocenters. The second-order valence-electron chi connectivity index (χ2n) is 2.89. The van der Waals surface area contributed by atoms with Crippen molar-refractivity contribution in [3.63, 3.8) is 0 Å². The molecular weight excluding hydrogens is 181 g/mol. The van der Waals surface area contributed by atoms with Gasteiger partial charge in [0.1, 0.15) is 12.0 Å². The standard InChI is InChI=1S/C10H9FN3/c1-2-9-7-12-13-14(9)10-5-3-4-8(11)6-10/h3-6H,2H2,1H3. The molecular formula is C10H9FN3. The molecule has 1 aromatic heterocycles. The zero-order chi connectivity index (χ0) is 9.97. The van der Waals surface area contributed by atoms with Gasteiger partial charge in [-0.05, 0) is 24.6 Å². The first-order chi connectivity index (χ1) is 6.81. The van der Waals surface area contributed by atoms with Gasteiger partial charge < -0.3 is 0 Å². The number of aryl methyl sites for hydroxylation is 1. The van der Waals surface area contributed by atoms with Crippen molar-refractivity contribution < 1.29 is 4.39 Å². The van der Waals surface area contributed by atoms with E-state index in [-0.39, 0.29) is 5.82 Å². The van der Waals surface area contributed by atoms with Gasteiger partial charge in [-0.1, -0.05) is 18.2 Å². The van der Waals surface area contributed by atoms with E-state index in [1.807, 2.05) is 6.92 Å². The number of benzene rings is 1. The van der Waals surface area contributed by atoms with Crippen LogP contribution in [-0.2, 0) is 6.42 Å². The largest absolute Gasteiger partial charge is 0.217 e. The number of nitrogens with zero attached hydrogens (tertiary/aromatic N) is 3. The van der Waals surface area contributed by atoms with Crippen LogP contribution in [0, 0.1) is 12.0 Å². The first kappa shape index (κ1) is 8.87. The summed E-state index contributed by atoms with van der Waals surface area (Å²) >= 11 is 0. The van der Waals surface area contributed by atoms with Crippen molar-refractivity contribution in [1.29, 1.82) is 0 Å². The molecule has 0 aliphatic rings. The maximum Gasteiger partial charge on any atom is 0.138 e. The lowest BCUT2D eigenvalue weighted by Crippen LogP contribution is -2.01. The Balaban J connectivity index is 2.49. The number of rotatable bonds is 2. The van der Waals surface area contributed by atoms with Crippen LogP contribution >= 0.6 is 0 Å². The third-order valence-corrected chi connectivity index (χ3v) is 1.96. The summed E-state index contributed by atoms with van der Waals surface area (Å²) in [7, 11) is 0. The Kier molecular flexibility index (Phi) is 2.26. The Morgan fingerprint density at radius 2 is 2.36 bits per heavy atom. The fourth-order valence-electron chi connectivity index (χ4n) is 1.27. The highest BCUT2D eigenvalue weighted by atomic mass is 19.1. The number of hydrogen-bond acceptors (Lipinski definition) is 2. The molecule has 0 saturated carbocycles. The van der Waals surface area contributed by atoms with E-state index in [2.05, 4.69) is 16.5 Å². The molecule has 0 fully saturated rings. The average Bonchev–Trinajstić information content (AvgIpc) is 2.65. The highest BCUT2D eigenvalue weighted by Crippen LogP contribution is 2.10. The van der Waals surface area contributed by atoms with Crippen molar-refractivity contribution in [1.82, 2.24) is 15.0 Å². The molecule has 2 aromatic rings. The summed E-state index contributed by atoms with van der Waals surface area (Å²) in [6.07, 6.45) is 3.52. The minimum atomic E-state index is -0.278. The van der Waals surface area contributed by atoms with Crippen LogP contribution in [0.25, 0.3) is 5.69 Å². The van der Waals surface area contributed by atoms with Gasteiger partial charge in [0.25, 0.3) is 0 Å². The molecule has 0 N–H and O–H groups in total. The molecule has 0 spiro atoms. The molecule has 0 aliphatic heterocycles. The molecule has 3 nitrogen and oxygen atoms in total. The van der Waals surface area contributed by atoms with E-state index in [4.69, 9.17) is 0 Å². The molecule has 71 valence electrons. The summed E-state index contributed by atoms with van der Waals surface area (Å²) in [5, 5.41) is 7.51. The van der Waals surface area contributed by atoms with Crippen LogP contribution in [0.5, 0.6) is 0 Å². The van der Waals surface area contributed by atoms with E-state index in [1.165, 1.54) is 12.1 Å². The fraction of sp³-hybridized carbons (Fsp3) is 0.200.